The lowest BCUT2D eigenvalue weighted by atomic mass is 10.2. The summed E-state index contributed by atoms with van der Waals surface area (Å²) in [5, 5.41) is 10.6. The van der Waals surface area contributed by atoms with Crippen molar-refractivity contribution in [1.29, 1.82) is 0 Å². The number of carbonyl (C=O) groups excluding carboxylic acids is 1. The lowest BCUT2D eigenvalue weighted by molar-refractivity contribution is 0.102. The second-order valence-corrected chi connectivity index (χ2v) is 9.63. The first-order valence-electron chi connectivity index (χ1n) is 10.1. The van der Waals surface area contributed by atoms with E-state index in [-0.39, 0.29) is 16.3 Å². The number of hydrogen-bond acceptors (Lipinski definition) is 6. The first-order valence-corrected chi connectivity index (χ1v) is 12.4. The number of nitrogens with one attached hydrogen (secondary N) is 3. The van der Waals surface area contributed by atoms with Gasteiger partial charge in [0.1, 0.15) is 0 Å². The van der Waals surface area contributed by atoms with Gasteiger partial charge in [-0.2, -0.15) is 5.10 Å². The van der Waals surface area contributed by atoms with Crippen molar-refractivity contribution in [3.63, 3.8) is 0 Å². The molecule has 0 aliphatic rings. The molecule has 2 aromatic carbocycles. The van der Waals surface area contributed by atoms with Crippen LogP contribution in [0.1, 0.15) is 15.9 Å². The summed E-state index contributed by atoms with van der Waals surface area (Å²) in [5.41, 5.74) is 2.73. The summed E-state index contributed by atoms with van der Waals surface area (Å²) in [6.45, 7) is 0.604. The van der Waals surface area contributed by atoms with Crippen molar-refractivity contribution in [3.8, 4) is 5.82 Å². The van der Waals surface area contributed by atoms with E-state index in [0.717, 1.165) is 17.5 Å². The minimum atomic E-state index is -3.49. The van der Waals surface area contributed by atoms with Crippen LogP contribution < -0.4 is 15.4 Å². The smallest absolute Gasteiger partial charge is 0.258 e. The molecular formula is C23H21ClN6O3S. The molecule has 2 aromatic heterocycles. The van der Waals surface area contributed by atoms with E-state index in [1.807, 2.05) is 42.5 Å². The Morgan fingerprint density at radius 1 is 1.06 bits per heavy atom. The number of anilines is 3. The Labute approximate surface area is 201 Å². The second-order valence-electron chi connectivity index (χ2n) is 7.44. The van der Waals surface area contributed by atoms with Gasteiger partial charge in [-0.15, -0.1) is 0 Å². The summed E-state index contributed by atoms with van der Waals surface area (Å²) in [6, 6.07) is 18.1. The molecule has 3 N–H and O–H groups in total. The molecule has 174 valence electrons. The number of halogens is 1. The van der Waals surface area contributed by atoms with Crippen LogP contribution in [-0.2, 0) is 16.6 Å². The lowest BCUT2D eigenvalue weighted by Gasteiger charge is -2.11. The number of rotatable bonds is 8. The Hall–Kier alpha value is -3.89. The molecule has 2 heterocycles. The molecule has 0 radical (unpaired) electrons. The minimum absolute atomic E-state index is 0.239. The van der Waals surface area contributed by atoms with Gasteiger partial charge in [0.25, 0.3) is 5.91 Å². The van der Waals surface area contributed by atoms with Gasteiger partial charge in [-0.3, -0.25) is 9.52 Å². The minimum Gasteiger partial charge on any atom is -0.378 e. The van der Waals surface area contributed by atoms with Crippen LogP contribution >= 0.6 is 11.6 Å². The van der Waals surface area contributed by atoms with Crippen molar-refractivity contribution >= 4 is 44.6 Å². The highest BCUT2D eigenvalue weighted by Gasteiger charge is 2.14. The largest absolute Gasteiger partial charge is 0.378 e. The Morgan fingerprint density at radius 3 is 2.59 bits per heavy atom. The molecule has 0 atom stereocenters. The van der Waals surface area contributed by atoms with Gasteiger partial charge < -0.3 is 10.6 Å². The fourth-order valence-electron chi connectivity index (χ4n) is 3.20. The summed E-state index contributed by atoms with van der Waals surface area (Å²) in [5.74, 6) is 0.105. The zero-order chi connectivity index (χ0) is 24.1. The van der Waals surface area contributed by atoms with Crippen LogP contribution in [0.2, 0.25) is 5.02 Å². The molecule has 0 aliphatic carbocycles. The van der Waals surface area contributed by atoms with Gasteiger partial charge in [0.15, 0.2) is 5.82 Å². The third kappa shape index (κ3) is 6.12. The Kier molecular flexibility index (Phi) is 6.80. The third-order valence-electron chi connectivity index (χ3n) is 4.63. The number of hydrogen-bond donors (Lipinski definition) is 3. The predicted octanol–water partition coefficient (Wildman–Crippen LogP) is 4.16. The van der Waals surface area contributed by atoms with Gasteiger partial charge in [-0.05, 0) is 35.9 Å². The fourth-order valence-corrected chi connectivity index (χ4v) is 3.99. The van der Waals surface area contributed by atoms with E-state index in [1.165, 1.54) is 29.1 Å². The summed E-state index contributed by atoms with van der Waals surface area (Å²) in [6.07, 6.45) is 5.66. The molecule has 0 saturated carbocycles. The zero-order valence-corrected chi connectivity index (χ0v) is 19.6. The maximum absolute atomic E-state index is 12.8. The van der Waals surface area contributed by atoms with Gasteiger partial charge >= 0.3 is 0 Å². The normalized spacial score (nSPS) is 11.1. The van der Waals surface area contributed by atoms with E-state index >= 15 is 0 Å². The molecule has 0 unspecified atom stereocenters. The maximum atomic E-state index is 12.8. The quantitative estimate of drug-likeness (QED) is 0.337. The first kappa shape index (κ1) is 23.3. The van der Waals surface area contributed by atoms with Crippen LogP contribution in [0, 0.1) is 0 Å². The molecule has 4 aromatic rings. The number of aromatic nitrogens is 3. The van der Waals surface area contributed by atoms with E-state index in [1.54, 1.807) is 12.4 Å². The van der Waals surface area contributed by atoms with Crippen LogP contribution in [0.4, 0.5) is 17.1 Å². The van der Waals surface area contributed by atoms with Gasteiger partial charge in [-0.1, -0.05) is 41.9 Å². The van der Waals surface area contributed by atoms with Gasteiger partial charge in [0, 0.05) is 29.6 Å². The summed E-state index contributed by atoms with van der Waals surface area (Å²) in [7, 11) is -3.49. The standard InChI is InChI=1S/C23H21ClN6O3S/c1-34(32,33)29-20-11-18(24)10-19(12-20)28-23(31)17-14-27-30(15-17)22-21(8-5-9-25-22)26-13-16-6-3-2-4-7-16/h2-12,14-15,26,29H,13H2,1H3,(H,28,31). The molecular weight excluding hydrogens is 476 g/mol. The molecule has 34 heavy (non-hydrogen) atoms. The van der Waals surface area contributed by atoms with Crippen molar-refractivity contribution < 1.29 is 13.2 Å². The van der Waals surface area contributed by atoms with Crippen LogP contribution in [0.3, 0.4) is 0 Å². The molecule has 0 bridgehead atoms. The van der Waals surface area contributed by atoms with E-state index in [0.29, 0.717) is 18.1 Å². The molecule has 11 heteroatoms. The van der Waals surface area contributed by atoms with Gasteiger partial charge in [0.05, 0.1) is 29.4 Å². The summed E-state index contributed by atoms with van der Waals surface area (Å²) >= 11 is 6.07. The van der Waals surface area contributed by atoms with Crippen molar-refractivity contribution in [1.82, 2.24) is 14.8 Å². The predicted molar refractivity (Wildman–Crippen MR) is 133 cm³/mol. The van der Waals surface area contributed by atoms with E-state index in [4.69, 9.17) is 11.6 Å². The van der Waals surface area contributed by atoms with Gasteiger partial charge in [-0.25, -0.2) is 18.1 Å². The number of nitrogens with zero attached hydrogens (tertiary/aromatic N) is 3. The van der Waals surface area contributed by atoms with Crippen LogP contribution in [0.25, 0.3) is 5.82 Å². The summed E-state index contributed by atoms with van der Waals surface area (Å²) in [4.78, 5) is 17.2. The average Bonchev–Trinajstić information content (AvgIpc) is 3.27. The summed E-state index contributed by atoms with van der Waals surface area (Å²) < 4.78 is 26.8. The van der Waals surface area contributed by atoms with Crippen molar-refractivity contribution in [2.45, 2.75) is 6.54 Å². The number of benzene rings is 2. The van der Waals surface area contributed by atoms with E-state index < -0.39 is 15.9 Å². The number of pyridine rings is 1. The third-order valence-corrected chi connectivity index (χ3v) is 5.46. The monoisotopic (exact) mass is 496 g/mol. The van der Waals surface area contributed by atoms with Crippen LogP contribution in [0.15, 0.2) is 79.3 Å². The average molecular weight is 497 g/mol. The molecule has 0 saturated heterocycles. The molecule has 1 amide bonds. The lowest BCUT2D eigenvalue weighted by Crippen LogP contribution is -2.13. The number of sulfonamides is 1. The highest BCUT2D eigenvalue weighted by Crippen LogP contribution is 2.24. The zero-order valence-electron chi connectivity index (χ0n) is 18.1. The second kappa shape index (κ2) is 9.94. The Bertz CT molecular complexity index is 1420. The highest BCUT2D eigenvalue weighted by atomic mass is 35.5. The van der Waals surface area contributed by atoms with E-state index in [2.05, 4.69) is 25.4 Å². The molecule has 4 rings (SSSR count). The molecule has 0 spiro atoms. The fraction of sp³-hybridized carbons (Fsp3) is 0.0870. The van der Waals surface area contributed by atoms with Crippen LogP contribution in [0.5, 0.6) is 0 Å². The van der Waals surface area contributed by atoms with Crippen molar-refractivity contribution in [2.24, 2.45) is 0 Å². The van der Waals surface area contributed by atoms with Crippen molar-refractivity contribution in [3.05, 3.63) is 95.4 Å². The maximum Gasteiger partial charge on any atom is 0.258 e. The Balaban J connectivity index is 1.50. The number of amides is 1. The van der Waals surface area contributed by atoms with Crippen LogP contribution in [-0.4, -0.2) is 35.3 Å². The number of carbonyl (C=O) groups is 1. The topological polar surface area (TPSA) is 118 Å². The van der Waals surface area contributed by atoms with Crippen molar-refractivity contribution in [2.75, 3.05) is 21.6 Å². The van der Waals surface area contributed by atoms with E-state index in [9.17, 15) is 13.2 Å². The molecule has 0 fully saturated rings. The SMILES string of the molecule is CS(=O)(=O)Nc1cc(Cl)cc(NC(=O)c2cnn(-c3ncccc3NCc3ccccc3)c2)c1. The first-order chi connectivity index (χ1) is 16.3. The molecule has 9 nitrogen and oxygen atoms in total. The molecule has 0 aliphatic heterocycles. The Morgan fingerprint density at radius 2 is 1.82 bits per heavy atom. The van der Waals surface area contributed by atoms with Gasteiger partial charge in [0.2, 0.25) is 10.0 Å². The highest BCUT2D eigenvalue weighted by molar-refractivity contribution is 7.92.